The molecule has 0 saturated carbocycles. The van der Waals surface area contributed by atoms with Crippen LogP contribution in [-0.4, -0.2) is 11.5 Å². The van der Waals surface area contributed by atoms with Crippen molar-refractivity contribution in [3.05, 3.63) is 39.0 Å². The second kappa shape index (κ2) is 6.13. The topological polar surface area (TPSA) is 24.9 Å². The van der Waals surface area contributed by atoms with Crippen LogP contribution < -0.4 is 5.32 Å². The van der Waals surface area contributed by atoms with E-state index in [4.69, 9.17) is 0 Å². The summed E-state index contributed by atoms with van der Waals surface area (Å²) in [6.07, 6.45) is 2.16. The summed E-state index contributed by atoms with van der Waals surface area (Å²) in [5.74, 6) is 0. The third kappa shape index (κ3) is 3.14. The maximum absolute atomic E-state index is 4.28. The molecule has 0 amide bonds. The van der Waals surface area contributed by atoms with Gasteiger partial charge in [0.15, 0.2) is 0 Å². The van der Waals surface area contributed by atoms with Crippen molar-refractivity contribution in [3.63, 3.8) is 0 Å². The van der Waals surface area contributed by atoms with E-state index in [0.29, 0.717) is 6.04 Å². The van der Waals surface area contributed by atoms with Crippen LogP contribution in [0.4, 0.5) is 0 Å². The van der Waals surface area contributed by atoms with Crippen LogP contribution in [0.3, 0.4) is 0 Å². The molecule has 0 aliphatic carbocycles. The molecule has 1 atom stereocenters. The number of thiophene rings is 1. The van der Waals surface area contributed by atoms with E-state index >= 15 is 0 Å². The minimum Gasteiger partial charge on any atom is -0.309 e. The molecular weight excluding hydrogens is 236 g/mol. The summed E-state index contributed by atoms with van der Waals surface area (Å²) in [6, 6.07) is 4.82. The van der Waals surface area contributed by atoms with Crippen molar-refractivity contribution in [2.45, 2.75) is 25.8 Å². The van der Waals surface area contributed by atoms with Crippen molar-refractivity contribution in [1.82, 2.24) is 10.3 Å². The largest absolute Gasteiger partial charge is 0.309 e. The van der Waals surface area contributed by atoms with Gasteiger partial charge in [-0.1, -0.05) is 13.0 Å². The van der Waals surface area contributed by atoms with Crippen LogP contribution in [0.25, 0.3) is 0 Å². The molecular formula is C12H16N2S2. The van der Waals surface area contributed by atoms with Crippen LogP contribution in [0.5, 0.6) is 0 Å². The Morgan fingerprint density at radius 1 is 1.50 bits per heavy atom. The Bertz CT molecular complexity index is 381. The normalized spacial score (nSPS) is 12.8. The molecule has 2 aromatic rings. The molecule has 0 spiro atoms. The second-order valence-electron chi connectivity index (χ2n) is 3.66. The van der Waals surface area contributed by atoms with Crippen LogP contribution in [-0.2, 0) is 6.42 Å². The van der Waals surface area contributed by atoms with Crippen LogP contribution >= 0.6 is 22.7 Å². The predicted molar refractivity (Wildman–Crippen MR) is 71.2 cm³/mol. The van der Waals surface area contributed by atoms with Crippen LogP contribution in [0.1, 0.15) is 30.0 Å². The molecule has 86 valence electrons. The van der Waals surface area contributed by atoms with Crippen molar-refractivity contribution in [3.8, 4) is 0 Å². The van der Waals surface area contributed by atoms with Gasteiger partial charge in [-0.25, -0.2) is 4.98 Å². The Morgan fingerprint density at radius 3 is 3.06 bits per heavy atom. The lowest BCUT2D eigenvalue weighted by atomic mass is 10.2. The first-order valence-electron chi connectivity index (χ1n) is 5.54. The fraction of sp³-hybridized carbons (Fsp3) is 0.417. The number of hydrogen-bond acceptors (Lipinski definition) is 4. The zero-order valence-corrected chi connectivity index (χ0v) is 11.0. The molecule has 2 nitrogen and oxygen atoms in total. The van der Waals surface area contributed by atoms with Gasteiger partial charge >= 0.3 is 0 Å². The molecule has 0 fully saturated rings. The maximum atomic E-state index is 4.28. The monoisotopic (exact) mass is 252 g/mol. The van der Waals surface area contributed by atoms with Gasteiger partial charge in [-0.3, -0.25) is 0 Å². The number of nitrogens with one attached hydrogen (secondary N) is 1. The third-order valence-corrected chi connectivity index (χ3v) is 4.17. The van der Waals surface area contributed by atoms with E-state index in [9.17, 15) is 0 Å². The maximum Gasteiger partial charge on any atom is 0.0794 e. The molecule has 2 heterocycles. The molecule has 0 aliphatic heterocycles. The lowest BCUT2D eigenvalue weighted by molar-refractivity contribution is 0.528. The zero-order valence-electron chi connectivity index (χ0n) is 9.35. The SMILES string of the molecule is CCC(NCCc1cscn1)c1cccs1. The lowest BCUT2D eigenvalue weighted by Crippen LogP contribution is -2.22. The van der Waals surface area contributed by atoms with E-state index in [0.717, 1.165) is 19.4 Å². The number of rotatable bonds is 6. The van der Waals surface area contributed by atoms with Gasteiger partial charge in [0.05, 0.1) is 11.2 Å². The van der Waals surface area contributed by atoms with E-state index < -0.39 is 0 Å². The van der Waals surface area contributed by atoms with E-state index in [1.54, 1.807) is 11.3 Å². The molecule has 16 heavy (non-hydrogen) atoms. The number of hydrogen-bond donors (Lipinski definition) is 1. The first kappa shape index (κ1) is 11.8. The van der Waals surface area contributed by atoms with Crippen LogP contribution in [0.15, 0.2) is 28.4 Å². The van der Waals surface area contributed by atoms with Gasteiger partial charge in [-0.05, 0) is 17.9 Å². The summed E-state index contributed by atoms with van der Waals surface area (Å²) in [7, 11) is 0. The fourth-order valence-electron chi connectivity index (χ4n) is 1.67. The van der Waals surface area contributed by atoms with Crippen LogP contribution in [0, 0.1) is 0 Å². The van der Waals surface area contributed by atoms with Gasteiger partial charge in [0.25, 0.3) is 0 Å². The van der Waals surface area contributed by atoms with Gasteiger partial charge < -0.3 is 5.32 Å². The summed E-state index contributed by atoms with van der Waals surface area (Å²) in [4.78, 5) is 5.71. The van der Waals surface area contributed by atoms with Gasteiger partial charge in [0.1, 0.15) is 0 Å². The minimum absolute atomic E-state index is 0.499. The highest BCUT2D eigenvalue weighted by Crippen LogP contribution is 2.21. The molecule has 1 N–H and O–H groups in total. The molecule has 0 radical (unpaired) electrons. The van der Waals surface area contributed by atoms with Gasteiger partial charge in [-0.2, -0.15) is 0 Å². The third-order valence-electron chi connectivity index (χ3n) is 2.55. The Balaban J connectivity index is 1.80. The molecule has 0 saturated heterocycles. The molecule has 4 heteroatoms. The van der Waals surface area contributed by atoms with Crippen LogP contribution in [0.2, 0.25) is 0 Å². The number of thiazole rings is 1. The molecule has 1 unspecified atom stereocenters. The average molecular weight is 252 g/mol. The van der Waals surface area contributed by atoms with Gasteiger partial charge in [-0.15, -0.1) is 22.7 Å². The minimum atomic E-state index is 0.499. The smallest absolute Gasteiger partial charge is 0.0794 e. The zero-order chi connectivity index (χ0) is 11.2. The van der Waals surface area contributed by atoms with E-state index in [1.807, 2.05) is 16.8 Å². The highest BCUT2D eigenvalue weighted by atomic mass is 32.1. The van der Waals surface area contributed by atoms with E-state index in [2.05, 4.69) is 40.1 Å². The van der Waals surface area contributed by atoms with Crippen molar-refractivity contribution < 1.29 is 0 Å². The summed E-state index contributed by atoms with van der Waals surface area (Å²) in [5, 5.41) is 7.84. The lowest BCUT2D eigenvalue weighted by Gasteiger charge is -2.14. The first-order chi connectivity index (χ1) is 7.90. The molecule has 2 rings (SSSR count). The highest BCUT2D eigenvalue weighted by Gasteiger charge is 2.08. The summed E-state index contributed by atoms with van der Waals surface area (Å²) in [5.41, 5.74) is 3.09. The summed E-state index contributed by atoms with van der Waals surface area (Å²) in [6.45, 7) is 3.22. The Kier molecular flexibility index (Phi) is 4.51. The highest BCUT2D eigenvalue weighted by molar-refractivity contribution is 7.10. The molecule has 2 aromatic heterocycles. The second-order valence-corrected chi connectivity index (χ2v) is 5.36. The average Bonchev–Trinajstić information content (AvgIpc) is 2.96. The van der Waals surface area contributed by atoms with Gasteiger partial charge in [0, 0.05) is 29.3 Å². The van der Waals surface area contributed by atoms with E-state index in [1.165, 1.54) is 10.6 Å². The predicted octanol–water partition coefficient (Wildman–Crippen LogP) is 3.49. The van der Waals surface area contributed by atoms with Crippen molar-refractivity contribution in [2.75, 3.05) is 6.54 Å². The number of nitrogens with zero attached hydrogens (tertiary/aromatic N) is 1. The molecule has 0 aromatic carbocycles. The summed E-state index contributed by atoms with van der Waals surface area (Å²) < 4.78 is 0. The standard InChI is InChI=1S/C12H16N2S2/c1-2-11(12-4-3-7-16-12)13-6-5-10-8-15-9-14-10/h3-4,7-9,11,13H,2,5-6H2,1H3. The van der Waals surface area contributed by atoms with Crippen molar-refractivity contribution >= 4 is 22.7 Å². The summed E-state index contributed by atoms with van der Waals surface area (Å²) >= 11 is 3.49. The Labute approximate surface area is 104 Å². The van der Waals surface area contributed by atoms with Crippen molar-refractivity contribution in [1.29, 1.82) is 0 Å². The first-order valence-corrected chi connectivity index (χ1v) is 7.36. The fourth-order valence-corrected chi connectivity index (χ4v) is 3.15. The van der Waals surface area contributed by atoms with Gasteiger partial charge in [0.2, 0.25) is 0 Å². The molecule has 0 bridgehead atoms. The van der Waals surface area contributed by atoms with Crippen molar-refractivity contribution in [2.24, 2.45) is 0 Å². The Morgan fingerprint density at radius 2 is 2.44 bits per heavy atom. The Hall–Kier alpha value is -0.710. The quantitative estimate of drug-likeness (QED) is 0.851. The number of aromatic nitrogens is 1. The molecule has 0 aliphatic rings. The van der Waals surface area contributed by atoms with E-state index in [-0.39, 0.29) is 0 Å².